The first-order chi connectivity index (χ1) is 14.3. The fourth-order valence-corrected chi connectivity index (χ4v) is 4.48. The van der Waals surface area contributed by atoms with Crippen LogP contribution in [0.3, 0.4) is 0 Å². The first kappa shape index (κ1) is 18.0. The molecule has 8 nitrogen and oxygen atoms in total. The largest absolute Gasteiger partial charge is 0.335 e. The predicted molar refractivity (Wildman–Crippen MR) is 106 cm³/mol. The summed E-state index contributed by atoms with van der Waals surface area (Å²) in [7, 11) is 0. The maximum atomic E-state index is 13.2. The van der Waals surface area contributed by atoms with Gasteiger partial charge in [-0.15, -0.1) is 10.2 Å². The third kappa shape index (κ3) is 3.54. The lowest BCUT2D eigenvalue weighted by molar-refractivity contribution is 0.0684. The molecule has 1 atom stereocenters. The Hall–Kier alpha value is -3.03. The lowest BCUT2D eigenvalue weighted by atomic mass is 9.97. The van der Waals surface area contributed by atoms with E-state index in [0.29, 0.717) is 12.4 Å². The van der Waals surface area contributed by atoms with Gasteiger partial charge in [0.2, 0.25) is 5.82 Å². The second-order valence-electron chi connectivity index (χ2n) is 7.91. The van der Waals surface area contributed by atoms with Crippen LogP contribution in [0.4, 0.5) is 0 Å². The number of hydrogen-bond acceptors (Lipinski definition) is 5. The predicted octanol–water partition coefficient (Wildman–Crippen LogP) is 2.27. The average Bonchev–Trinajstić information content (AvgIpc) is 3.41. The number of carbonyl (C=O) groups is 1. The van der Waals surface area contributed by atoms with Gasteiger partial charge >= 0.3 is 0 Å². The molecule has 1 fully saturated rings. The monoisotopic (exact) mass is 391 g/mol. The first-order valence-electron chi connectivity index (χ1n) is 10.4. The van der Waals surface area contributed by atoms with E-state index in [9.17, 15) is 4.79 Å². The molecule has 1 unspecified atom stereocenters. The minimum atomic E-state index is 0.00240. The first-order valence-corrected chi connectivity index (χ1v) is 10.4. The number of pyridine rings is 1. The zero-order chi connectivity index (χ0) is 19.6. The highest BCUT2D eigenvalue weighted by atomic mass is 16.2. The quantitative estimate of drug-likeness (QED) is 0.681. The summed E-state index contributed by atoms with van der Waals surface area (Å²) in [5, 5.41) is 8.48. The zero-order valence-electron chi connectivity index (χ0n) is 16.4. The van der Waals surface area contributed by atoms with Crippen molar-refractivity contribution in [3.63, 3.8) is 0 Å². The summed E-state index contributed by atoms with van der Waals surface area (Å²) in [6.07, 6.45) is 12.6. The Morgan fingerprint density at radius 2 is 1.97 bits per heavy atom. The molecule has 3 aromatic heterocycles. The Morgan fingerprint density at radius 3 is 2.86 bits per heavy atom. The summed E-state index contributed by atoms with van der Waals surface area (Å²) < 4.78 is 4.20. The molecule has 1 amide bonds. The number of fused-ring (bicyclic) bond motifs is 1. The highest BCUT2D eigenvalue weighted by Gasteiger charge is 2.31. The van der Waals surface area contributed by atoms with E-state index in [1.807, 2.05) is 46.4 Å². The molecule has 2 aliphatic rings. The van der Waals surface area contributed by atoms with Gasteiger partial charge in [0.15, 0.2) is 0 Å². The van der Waals surface area contributed by atoms with Crippen LogP contribution in [0.5, 0.6) is 0 Å². The number of nitrogens with zero attached hydrogens (tertiary/aromatic N) is 7. The van der Waals surface area contributed by atoms with Crippen molar-refractivity contribution in [3.05, 3.63) is 60.0 Å². The van der Waals surface area contributed by atoms with Crippen LogP contribution in [-0.4, -0.2) is 53.2 Å². The van der Waals surface area contributed by atoms with Gasteiger partial charge < -0.3 is 14.0 Å². The smallest absolute Gasteiger partial charge is 0.291 e. The number of carbonyl (C=O) groups excluding carboxylic acids is 1. The van der Waals surface area contributed by atoms with Crippen LogP contribution in [0, 0.1) is 0 Å². The Morgan fingerprint density at radius 1 is 1.07 bits per heavy atom. The summed E-state index contributed by atoms with van der Waals surface area (Å²) in [6, 6.07) is 4.05. The third-order valence-electron chi connectivity index (χ3n) is 5.97. The summed E-state index contributed by atoms with van der Waals surface area (Å²) in [5.41, 5.74) is 1.19. The van der Waals surface area contributed by atoms with Gasteiger partial charge in [-0.25, -0.2) is 4.98 Å². The molecule has 0 aromatic carbocycles. The SMILES string of the molecule is O=C(c1nnc2n1CCCC2)N1CCCC(c2nccn2Cc2ccncc2)C1. The fourth-order valence-electron chi connectivity index (χ4n) is 4.48. The molecule has 0 N–H and O–H groups in total. The van der Waals surface area contributed by atoms with Crippen molar-refractivity contribution in [3.8, 4) is 0 Å². The lowest BCUT2D eigenvalue weighted by Gasteiger charge is -2.32. The topological polar surface area (TPSA) is 81.7 Å². The van der Waals surface area contributed by atoms with Crippen molar-refractivity contribution >= 4 is 5.91 Å². The molecule has 0 spiro atoms. The van der Waals surface area contributed by atoms with E-state index < -0.39 is 0 Å². The Kier molecular flexibility index (Phi) is 4.83. The van der Waals surface area contributed by atoms with E-state index in [0.717, 1.165) is 63.4 Å². The minimum absolute atomic E-state index is 0.00240. The van der Waals surface area contributed by atoms with Crippen LogP contribution >= 0.6 is 0 Å². The van der Waals surface area contributed by atoms with Gasteiger partial charge in [0, 0.05) is 63.3 Å². The number of imidazole rings is 1. The van der Waals surface area contributed by atoms with E-state index in [2.05, 4.69) is 24.7 Å². The van der Waals surface area contributed by atoms with Crippen molar-refractivity contribution < 1.29 is 4.79 Å². The number of hydrogen-bond donors (Lipinski definition) is 0. The molecule has 5 rings (SSSR count). The molecule has 0 bridgehead atoms. The van der Waals surface area contributed by atoms with Crippen LogP contribution in [-0.2, 0) is 19.5 Å². The van der Waals surface area contributed by atoms with Crippen LogP contribution in [0.2, 0.25) is 0 Å². The number of aromatic nitrogens is 6. The highest BCUT2D eigenvalue weighted by Crippen LogP contribution is 2.27. The van der Waals surface area contributed by atoms with Gasteiger partial charge in [0.1, 0.15) is 11.6 Å². The summed E-state index contributed by atoms with van der Waals surface area (Å²) in [5.74, 6) is 2.72. The van der Waals surface area contributed by atoms with E-state index >= 15 is 0 Å². The summed E-state index contributed by atoms with van der Waals surface area (Å²) in [4.78, 5) is 23.9. The molecule has 150 valence electrons. The highest BCUT2D eigenvalue weighted by molar-refractivity contribution is 5.91. The van der Waals surface area contributed by atoms with Gasteiger partial charge in [-0.2, -0.15) is 0 Å². The number of amides is 1. The molecule has 0 radical (unpaired) electrons. The van der Waals surface area contributed by atoms with Gasteiger partial charge in [-0.3, -0.25) is 9.78 Å². The van der Waals surface area contributed by atoms with Crippen molar-refractivity contribution in [2.75, 3.05) is 13.1 Å². The molecule has 0 aliphatic carbocycles. The number of rotatable bonds is 4. The molecule has 3 aromatic rings. The van der Waals surface area contributed by atoms with Crippen molar-refractivity contribution in [2.45, 2.75) is 51.1 Å². The molecular formula is C21H25N7O. The molecule has 2 aliphatic heterocycles. The van der Waals surface area contributed by atoms with Gasteiger partial charge in [0.05, 0.1) is 0 Å². The molecule has 1 saturated heterocycles. The lowest BCUT2D eigenvalue weighted by Crippen LogP contribution is -2.41. The molecular weight excluding hydrogens is 366 g/mol. The van der Waals surface area contributed by atoms with Crippen molar-refractivity contribution in [1.29, 1.82) is 0 Å². The maximum Gasteiger partial charge on any atom is 0.291 e. The van der Waals surface area contributed by atoms with Crippen LogP contribution in [0.1, 0.15) is 59.4 Å². The van der Waals surface area contributed by atoms with Gasteiger partial charge in [0.25, 0.3) is 5.91 Å². The molecule has 5 heterocycles. The van der Waals surface area contributed by atoms with Gasteiger partial charge in [-0.1, -0.05) is 0 Å². The third-order valence-corrected chi connectivity index (χ3v) is 5.97. The van der Waals surface area contributed by atoms with Gasteiger partial charge in [-0.05, 0) is 43.4 Å². The van der Waals surface area contributed by atoms with Crippen molar-refractivity contribution in [1.82, 2.24) is 34.2 Å². The van der Waals surface area contributed by atoms with E-state index in [-0.39, 0.29) is 11.8 Å². The normalized spacial score (nSPS) is 19.2. The van der Waals surface area contributed by atoms with Crippen LogP contribution in [0.15, 0.2) is 36.9 Å². The van der Waals surface area contributed by atoms with E-state index in [4.69, 9.17) is 0 Å². The number of aryl methyl sites for hydroxylation is 1. The minimum Gasteiger partial charge on any atom is -0.335 e. The Balaban J connectivity index is 1.33. The number of likely N-dealkylation sites (tertiary alicyclic amines) is 1. The zero-order valence-corrected chi connectivity index (χ0v) is 16.4. The Bertz CT molecular complexity index is 994. The number of piperidine rings is 1. The second kappa shape index (κ2) is 7.77. The molecule has 29 heavy (non-hydrogen) atoms. The van der Waals surface area contributed by atoms with Crippen LogP contribution in [0.25, 0.3) is 0 Å². The maximum absolute atomic E-state index is 13.2. The molecule has 8 heteroatoms. The fraction of sp³-hybridized carbons (Fsp3) is 0.476. The van der Waals surface area contributed by atoms with E-state index in [1.165, 1.54) is 5.56 Å². The summed E-state index contributed by atoms with van der Waals surface area (Å²) >= 11 is 0. The van der Waals surface area contributed by atoms with E-state index in [1.54, 1.807) is 0 Å². The average molecular weight is 391 g/mol. The standard InChI is InChI=1S/C21H25N7O/c29-21(20-25-24-18-5-1-2-12-28(18)20)27-11-3-4-17(15-27)19-23-10-13-26(19)14-16-6-8-22-9-7-16/h6-10,13,17H,1-5,11-12,14-15H2. The second-order valence-corrected chi connectivity index (χ2v) is 7.91. The van der Waals surface area contributed by atoms with Crippen LogP contribution < -0.4 is 0 Å². The van der Waals surface area contributed by atoms with Crippen molar-refractivity contribution in [2.24, 2.45) is 0 Å². The summed E-state index contributed by atoms with van der Waals surface area (Å²) in [6.45, 7) is 3.05. The molecule has 0 saturated carbocycles. The Labute approximate surface area is 169 Å².